The Balaban J connectivity index is 2.01. The normalized spacial score (nSPS) is 13.2. The van der Waals surface area contributed by atoms with Crippen molar-refractivity contribution in [2.24, 2.45) is 0 Å². The number of anilines is 1. The van der Waals surface area contributed by atoms with Crippen LogP contribution in [0.25, 0.3) is 5.57 Å². The van der Waals surface area contributed by atoms with Crippen LogP contribution in [-0.4, -0.2) is 41.3 Å². The highest BCUT2D eigenvalue weighted by Crippen LogP contribution is 2.16. The minimum Gasteiger partial charge on any atom is -0.466 e. The number of nitrogens with zero attached hydrogens (tertiary/aromatic N) is 1. The standard InChI is InChI=1S/C23H27F2N3O4/c1-4-5-19(27-21(29)11-15-9-17(24)12-18(25)10-15)23(31)28-20-7-6-16(13-26-20)14(2)8-22(30)32-3/h6-10,12-13,19,23,31H,4-5,11H2,1-3H3,(H,26,28)(H,27,29)/b14-8+. The van der Waals surface area contributed by atoms with E-state index in [0.29, 0.717) is 29.8 Å². The van der Waals surface area contributed by atoms with E-state index in [4.69, 9.17) is 0 Å². The number of hydrogen-bond acceptors (Lipinski definition) is 6. The topological polar surface area (TPSA) is 101 Å². The number of aromatic nitrogens is 1. The summed E-state index contributed by atoms with van der Waals surface area (Å²) in [5.41, 5.74) is 1.57. The molecule has 0 bridgehead atoms. The molecule has 0 spiro atoms. The molecule has 1 heterocycles. The van der Waals surface area contributed by atoms with Crippen molar-refractivity contribution in [1.82, 2.24) is 10.3 Å². The van der Waals surface area contributed by atoms with Crippen molar-refractivity contribution in [3.05, 3.63) is 65.4 Å². The predicted molar refractivity (Wildman–Crippen MR) is 116 cm³/mol. The van der Waals surface area contributed by atoms with E-state index in [1.54, 1.807) is 19.1 Å². The summed E-state index contributed by atoms with van der Waals surface area (Å²) in [6.07, 6.45) is 2.67. The third-order valence-corrected chi connectivity index (χ3v) is 4.66. The molecule has 172 valence electrons. The molecule has 32 heavy (non-hydrogen) atoms. The first-order valence-corrected chi connectivity index (χ1v) is 10.1. The zero-order valence-electron chi connectivity index (χ0n) is 18.2. The summed E-state index contributed by atoms with van der Waals surface area (Å²) in [6, 6.07) is 5.63. The van der Waals surface area contributed by atoms with Crippen molar-refractivity contribution in [2.45, 2.75) is 45.4 Å². The molecule has 1 aromatic heterocycles. The molecule has 9 heteroatoms. The van der Waals surface area contributed by atoms with Crippen molar-refractivity contribution < 1.29 is 28.2 Å². The van der Waals surface area contributed by atoms with Crippen LogP contribution in [0.5, 0.6) is 0 Å². The molecule has 2 aromatic rings. The molecule has 1 aromatic carbocycles. The number of allylic oxidation sites excluding steroid dienone is 1. The molecule has 2 rings (SSSR count). The van der Waals surface area contributed by atoms with E-state index in [1.807, 2.05) is 6.92 Å². The third kappa shape index (κ3) is 7.73. The van der Waals surface area contributed by atoms with E-state index in [1.165, 1.54) is 19.4 Å². The number of amides is 1. The highest BCUT2D eigenvalue weighted by Gasteiger charge is 2.21. The van der Waals surface area contributed by atoms with Crippen LogP contribution in [0, 0.1) is 11.6 Å². The van der Waals surface area contributed by atoms with Gasteiger partial charge in [0.15, 0.2) is 0 Å². The van der Waals surface area contributed by atoms with Crippen LogP contribution in [0.3, 0.4) is 0 Å². The zero-order chi connectivity index (χ0) is 23.7. The number of aliphatic hydroxyl groups is 1. The lowest BCUT2D eigenvalue weighted by Crippen LogP contribution is -2.47. The van der Waals surface area contributed by atoms with Gasteiger partial charge in [0, 0.05) is 18.3 Å². The van der Waals surface area contributed by atoms with Crippen LogP contribution in [0.15, 0.2) is 42.6 Å². The SMILES string of the molecule is CCCC(NC(=O)Cc1cc(F)cc(F)c1)C(O)Nc1ccc(/C(C)=C/C(=O)OC)cn1. The second-order valence-electron chi connectivity index (χ2n) is 7.29. The average Bonchev–Trinajstić information content (AvgIpc) is 2.72. The van der Waals surface area contributed by atoms with Gasteiger partial charge >= 0.3 is 5.97 Å². The van der Waals surface area contributed by atoms with Gasteiger partial charge in [-0.15, -0.1) is 0 Å². The number of aliphatic hydroxyl groups excluding tert-OH is 1. The molecule has 7 nitrogen and oxygen atoms in total. The minimum atomic E-state index is -1.15. The van der Waals surface area contributed by atoms with Gasteiger partial charge in [0.2, 0.25) is 5.91 Å². The monoisotopic (exact) mass is 447 g/mol. The summed E-state index contributed by atoms with van der Waals surface area (Å²) in [5, 5.41) is 16.1. The quantitative estimate of drug-likeness (QED) is 0.294. The van der Waals surface area contributed by atoms with E-state index in [0.717, 1.165) is 18.2 Å². The smallest absolute Gasteiger partial charge is 0.330 e. The van der Waals surface area contributed by atoms with Gasteiger partial charge in [0.1, 0.15) is 23.7 Å². The lowest BCUT2D eigenvalue weighted by atomic mass is 10.1. The van der Waals surface area contributed by atoms with Crippen molar-refractivity contribution in [2.75, 3.05) is 12.4 Å². The summed E-state index contributed by atoms with van der Waals surface area (Å²) in [7, 11) is 1.29. The van der Waals surface area contributed by atoms with Crippen LogP contribution in [-0.2, 0) is 20.7 Å². The van der Waals surface area contributed by atoms with Gasteiger partial charge in [-0.05, 0) is 54.3 Å². The zero-order valence-corrected chi connectivity index (χ0v) is 18.2. The first-order valence-electron chi connectivity index (χ1n) is 10.1. The summed E-state index contributed by atoms with van der Waals surface area (Å²) >= 11 is 0. The maximum absolute atomic E-state index is 13.3. The first-order chi connectivity index (χ1) is 15.2. The Morgan fingerprint density at radius 1 is 1.22 bits per heavy atom. The second-order valence-corrected chi connectivity index (χ2v) is 7.29. The number of rotatable bonds is 10. The number of ether oxygens (including phenoxy) is 1. The molecule has 3 N–H and O–H groups in total. The van der Waals surface area contributed by atoms with Crippen molar-refractivity contribution in [3.8, 4) is 0 Å². The summed E-state index contributed by atoms with van der Waals surface area (Å²) in [5.74, 6) is -2.09. The molecule has 2 unspecified atom stereocenters. The summed E-state index contributed by atoms with van der Waals surface area (Å²) in [6.45, 7) is 3.64. The number of carbonyl (C=O) groups is 2. The Kier molecular flexibility index (Phi) is 9.27. The van der Waals surface area contributed by atoms with E-state index < -0.39 is 35.8 Å². The predicted octanol–water partition coefficient (Wildman–Crippen LogP) is 3.19. The van der Waals surface area contributed by atoms with Gasteiger partial charge < -0.3 is 20.5 Å². The minimum absolute atomic E-state index is 0.199. The molecule has 0 fully saturated rings. The lowest BCUT2D eigenvalue weighted by Gasteiger charge is -2.25. The maximum atomic E-state index is 13.3. The lowest BCUT2D eigenvalue weighted by molar-refractivity contribution is -0.134. The third-order valence-electron chi connectivity index (χ3n) is 4.66. The Bertz CT molecular complexity index is 944. The number of carbonyl (C=O) groups excluding carboxylic acids is 2. The van der Waals surface area contributed by atoms with Crippen molar-refractivity contribution in [1.29, 1.82) is 0 Å². The van der Waals surface area contributed by atoms with Gasteiger partial charge in [-0.1, -0.05) is 13.3 Å². The molecule has 0 aliphatic carbocycles. The van der Waals surface area contributed by atoms with Crippen LogP contribution in [0.2, 0.25) is 0 Å². The Morgan fingerprint density at radius 3 is 2.47 bits per heavy atom. The molecule has 0 saturated heterocycles. The van der Waals surface area contributed by atoms with Crippen LogP contribution in [0.4, 0.5) is 14.6 Å². The van der Waals surface area contributed by atoms with Gasteiger partial charge in [-0.25, -0.2) is 18.6 Å². The molecule has 0 saturated carbocycles. The highest BCUT2D eigenvalue weighted by atomic mass is 19.1. The molecule has 1 amide bonds. The number of benzene rings is 1. The fourth-order valence-electron chi connectivity index (χ4n) is 3.06. The van der Waals surface area contributed by atoms with Gasteiger partial charge in [0.25, 0.3) is 0 Å². The summed E-state index contributed by atoms with van der Waals surface area (Å²) < 4.78 is 31.3. The molecule has 2 atom stereocenters. The molecule has 0 radical (unpaired) electrons. The van der Waals surface area contributed by atoms with E-state index in [-0.39, 0.29) is 12.0 Å². The van der Waals surface area contributed by atoms with E-state index in [2.05, 4.69) is 20.4 Å². The largest absolute Gasteiger partial charge is 0.466 e. The van der Waals surface area contributed by atoms with E-state index in [9.17, 15) is 23.5 Å². The molecular formula is C23H27F2N3O4. The maximum Gasteiger partial charge on any atom is 0.330 e. The summed E-state index contributed by atoms with van der Waals surface area (Å²) in [4.78, 5) is 27.9. The number of hydrogen-bond donors (Lipinski definition) is 3. The fraction of sp³-hybridized carbons (Fsp3) is 0.348. The van der Waals surface area contributed by atoms with Crippen LogP contribution in [0.1, 0.15) is 37.8 Å². The molecular weight excluding hydrogens is 420 g/mol. The number of methoxy groups -OCH3 is 1. The Labute approximate surface area is 185 Å². The first kappa shape index (κ1) is 24.9. The Hall–Kier alpha value is -3.33. The van der Waals surface area contributed by atoms with Gasteiger partial charge in [-0.3, -0.25) is 4.79 Å². The van der Waals surface area contributed by atoms with Gasteiger partial charge in [-0.2, -0.15) is 0 Å². The number of pyridine rings is 1. The molecule has 0 aliphatic heterocycles. The second kappa shape index (κ2) is 11.9. The molecule has 0 aliphatic rings. The van der Waals surface area contributed by atoms with Gasteiger partial charge in [0.05, 0.1) is 19.6 Å². The number of esters is 1. The highest BCUT2D eigenvalue weighted by molar-refractivity contribution is 5.90. The van der Waals surface area contributed by atoms with E-state index >= 15 is 0 Å². The number of halogens is 2. The van der Waals surface area contributed by atoms with Crippen LogP contribution < -0.4 is 10.6 Å². The van der Waals surface area contributed by atoms with Crippen molar-refractivity contribution in [3.63, 3.8) is 0 Å². The van der Waals surface area contributed by atoms with Crippen molar-refractivity contribution >= 4 is 23.3 Å². The van der Waals surface area contributed by atoms with Crippen LogP contribution >= 0.6 is 0 Å². The number of nitrogens with one attached hydrogen (secondary N) is 2. The Morgan fingerprint density at radius 2 is 1.91 bits per heavy atom. The average molecular weight is 447 g/mol. The fourth-order valence-corrected chi connectivity index (χ4v) is 3.06.